The minimum absolute atomic E-state index is 0.0779. The van der Waals surface area contributed by atoms with Gasteiger partial charge in [-0.05, 0) is 40.5 Å². The second-order valence-electron chi connectivity index (χ2n) is 5.85. The van der Waals surface area contributed by atoms with Gasteiger partial charge in [0.05, 0.1) is 5.69 Å². The fourth-order valence-corrected chi connectivity index (χ4v) is 3.27. The average molecular weight is 260 g/mol. The van der Waals surface area contributed by atoms with Crippen LogP contribution in [0.1, 0.15) is 25.0 Å². The van der Waals surface area contributed by atoms with E-state index in [1.807, 2.05) is 23.1 Å². The number of fused-ring (bicyclic) bond motifs is 3. The summed E-state index contributed by atoms with van der Waals surface area (Å²) in [6, 6.07) is 17.3. The van der Waals surface area contributed by atoms with Crippen LogP contribution in [0, 0.1) is 0 Å². The van der Waals surface area contributed by atoms with E-state index in [2.05, 4.69) is 61.4 Å². The van der Waals surface area contributed by atoms with Crippen molar-refractivity contribution in [3.05, 3.63) is 72.1 Å². The topological polar surface area (TPSA) is 17.8 Å². The molecule has 2 nitrogen and oxygen atoms in total. The van der Waals surface area contributed by atoms with Crippen LogP contribution in [0.3, 0.4) is 0 Å². The molecule has 0 atom stereocenters. The van der Waals surface area contributed by atoms with E-state index < -0.39 is 0 Å². The first kappa shape index (κ1) is 11.5. The van der Waals surface area contributed by atoms with Gasteiger partial charge in [0.25, 0.3) is 0 Å². The maximum Gasteiger partial charge on any atom is 0.0651 e. The zero-order chi connectivity index (χ0) is 13.7. The monoisotopic (exact) mass is 260 g/mol. The van der Waals surface area contributed by atoms with Crippen molar-refractivity contribution in [2.24, 2.45) is 0 Å². The van der Waals surface area contributed by atoms with E-state index in [9.17, 15) is 0 Å². The molecule has 1 heterocycles. The highest BCUT2D eigenvalue weighted by atomic mass is 15.3. The van der Waals surface area contributed by atoms with Crippen LogP contribution in [-0.4, -0.2) is 9.78 Å². The molecule has 0 radical (unpaired) electrons. The Balaban J connectivity index is 1.99. The van der Waals surface area contributed by atoms with Gasteiger partial charge in [0.2, 0.25) is 0 Å². The number of hydrogen-bond donors (Lipinski definition) is 0. The molecule has 0 bridgehead atoms. The van der Waals surface area contributed by atoms with Crippen LogP contribution in [-0.2, 0) is 5.41 Å². The molecule has 0 amide bonds. The van der Waals surface area contributed by atoms with E-state index in [0.29, 0.717) is 0 Å². The van der Waals surface area contributed by atoms with E-state index in [1.54, 1.807) is 0 Å². The molecule has 1 aliphatic rings. The van der Waals surface area contributed by atoms with Gasteiger partial charge in [-0.1, -0.05) is 44.2 Å². The van der Waals surface area contributed by atoms with Crippen LogP contribution in [0.2, 0.25) is 0 Å². The van der Waals surface area contributed by atoms with Crippen LogP contribution >= 0.6 is 0 Å². The number of hydrogen-bond acceptors (Lipinski definition) is 1. The highest BCUT2D eigenvalue weighted by molar-refractivity contribution is 5.81. The predicted octanol–water partition coefficient (Wildman–Crippen LogP) is 4.18. The third-order valence-corrected chi connectivity index (χ3v) is 4.34. The van der Waals surface area contributed by atoms with Crippen LogP contribution in [0.4, 0.5) is 0 Å². The smallest absolute Gasteiger partial charge is 0.0651 e. The Kier molecular flexibility index (Phi) is 2.19. The number of benzene rings is 2. The molecule has 3 aromatic rings. The number of aromatic nitrogens is 2. The van der Waals surface area contributed by atoms with E-state index in [1.165, 1.54) is 22.3 Å². The van der Waals surface area contributed by atoms with Crippen LogP contribution in [0.25, 0.3) is 16.8 Å². The summed E-state index contributed by atoms with van der Waals surface area (Å²) in [5.41, 5.74) is 6.68. The average Bonchev–Trinajstić information content (AvgIpc) is 3.07. The first-order chi connectivity index (χ1) is 9.68. The van der Waals surface area contributed by atoms with Crippen LogP contribution < -0.4 is 0 Å². The normalized spacial score (nSPS) is 14.9. The van der Waals surface area contributed by atoms with Gasteiger partial charge in [-0.15, -0.1) is 0 Å². The lowest BCUT2D eigenvalue weighted by molar-refractivity contribution is 0.660. The van der Waals surface area contributed by atoms with Gasteiger partial charge in [-0.25, -0.2) is 4.68 Å². The van der Waals surface area contributed by atoms with Gasteiger partial charge in [-0.2, -0.15) is 5.10 Å². The van der Waals surface area contributed by atoms with Crippen molar-refractivity contribution in [1.82, 2.24) is 9.78 Å². The largest absolute Gasteiger partial charge is 0.241 e. The molecule has 0 fully saturated rings. The molecule has 1 aliphatic carbocycles. The second kappa shape index (κ2) is 3.83. The zero-order valence-corrected chi connectivity index (χ0v) is 11.7. The van der Waals surface area contributed by atoms with Crippen molar-refractivity contribution in [1.29, 1.82) is 0 Å². The fourth-order valence-electron chi connectivity index (χ4n) is 3.27. The van der Waals surface area contributed by atoms with Crippen LogP contribution in [0.15, 0.2) is 60.9 Å². The second-order valence-corrected chi connectivity index (χ2v) is 5.85. The summed E-state index contributed by atoms with van der Waals surface area (Å²) in [6.07, 6.45) is 3.79. The molecule has 2 aromatic carbocycles. The van der Waals surface area contributed by atoms with Crippen molar-refractivity contribution in [2.75, 3.05) is 0 Å². The highest BCUT2D eigenvalue weighted by Crippen LogP contribution is 2.48. The fraction of sp³-hybridized carbons (Fsp3) is 0.167. The molecule has 4 rings (SSSR count). The lowest BCUT2D eigenvalue weighted by Crippen LogP contribution is -2.14. The van der Waals surface area contributed by atoms with Crippen molar-refractivity contribution in [3.63, 3.8) is 0 Å². The standard InChI is InChI=1S/C18H16N2/c1-18(2)16-7-4-3-6-14(16)15-12-13(8-9-17(15)18)20-11-5-10-19-20/h3-12H,1-2H3. The van der Waals surface area contributed by atoms with Crippen molar-refractivity contribution >= 4 is 0 Å². The Labute approximate surface area is 118 Å². The minimum atomic E-state index is 0.0779. The Bertz CT molecular complexity index is 783. The lowest BCUT2D eigenvalue weighted by atomic mass is 9.82. The summed E-state index contributed by atoms with van der Waals surface area (Å²) in [5.74, 6) is 0. The van der Waals surface area contributed by atoms with Crippen LogP contribution in [0.5, 0.6) is 0 Å². The number of nitrogens with zero attached hydrogens (tertiary/aromatic N) is 2. The molecule has 2 heteroatoms. The summed E-state index contributed by atoms with van der Waals surface area (Å²) >= 11 is 0. The summed E-state index contributed by atoms with van der Waals surface area (Å²) in [7, 11) is 0. The van der Waals surface area contributed by atoms with E-state index >= 15 is 0 Å². The van der Waals surface area contributed by atoms with Gasteiger partial charge in [0.15, 0.2) is 0 Å². The van der Waals surface area contributed by atoms with E-state index in [4.69, 9.17) is 0 Å². The predicted molar refractivity (Wildman–Crippen MR) is 81.1 cm³/mol. The van der Waals surface area contributed by atoms with Crippen molar-refractivity contribution in [2.45, 2.75) is 19.3 Å². The van der Waals surface area contributed by atoms with E-state index in [-0.39, 0.29) is 5.41 Å². The van der Waals surface area contributed by atoms with Gasteiger partial charge in [0, 0.05) is 17.8 Å². The zero-order valence-electron chi connectivity index (χ0n) is 11.7. The third-order valence-electron chi connectivity index (χ3n) is 4.34. The number of rotatable bonds is 1. The Hall–Kier alpha value is -2.35. The maximum atomic E-state index is 4.32. The maximum absolute atomic E-state index is 4.32. The van der Waals surface area contributed by atoms with Crippen molar-refractivity contribution in [3.8, 4) is 16.8 Å². The third kappa shape index (κ3) is 1.42. The van der Waals surface area contributed by atoms with Gasteiger partial charge in [0.1, 0.15) is 0 Å². The molecule has 0 spiro atoms. The van der Waals surface area contributed by atoms with Crippen molar-refractivity contribution < 1.29 is 0 Å². The summed E-state index contributed by atoms with van der Waals surface area (Å²) in [6.45, 7) is 4.59. The van der Waals surface area contributed by atoms with Gasteiger partial charge in [-0.3, -0.25) is 0 Å². The highest BCUT2D eigenvalue weighted by Gasteiger charge is 2.35. The first-order valence-electron chi connectivity index (χ1n) is 6.92. The SMILES string of the molecule is CC1(C)c2ccccc2-c2cc(-n3cccn3)ccc21. The van der Waals surface area contributed by atoms with E-state index in [0.717, 1.165) is 5.69 Å². The Morgan fingerprint density at radius 1 is 0.900 bits per heavy atom. The first-order valence-corrected chi connectivity index (χ1v) is 6.92. The lowest BCUT2D eigenvalue weighted by Gasteiger charge is -2.21. The molecule has 0 saturated carbocycles. The molecule has 0 saturated heterocycles. The molecule has 0 N–H and O–H groups in total. The molecule has 98 valence electrons. The van der Waals surface area contributed by atoms with Gasteiger partial charge < -0.3 is 0 Å². The molecule has 1 aromatic heterocycles. The Morgan fingerprint density at radius 3 is 2.50 bits per heavy atom. The Morgan fingerprint density at radius 2 is 1.70 bits per heavy atom. The summed E-state index contributed by atoms with van der Waals surface area (Å²) in [5, 5.41) is 4.32. The molecular weight excluding hydrogens is 244 g/mol. The summed E-state index contributed by atoms with van der Waals surface area (Å²) < 4.78 is 1.91. The summed E-state index contributed by atoms with van der Waals surface area (Å²) in [4.78, 5) is 0. The van der Waals surface area contributed by atoms with Gasteiger partial charge >= 0.3 is 0 Å². The molecular formula is C18H16N2. The minimum Gasteiger partial charge on any atom is -0.241 e. The molecule has 0 unspecified atom stereocenters. The molecule has 20 heavy (non-hydrogen) atoms. The molecule has 0 aliphatic heterocycles. The quantitative estimate of drug-likeness (QED) is 0.642.